The molecule has 156 valence electrons. The molecule has 5 nitrogen and oxygen atoms in total. The average molecular weight is 404 g/mol. The lowest BCUT2D eigenvalue weighted by Crippen LogP contribution is -2.18. The van der Waals surface area contributed by atoms with Crippen molar-refractivity contribution in [3.05, 3.63) is 88.2 Å². The maximum absolute atomic E-state index is 11.7. The summed E-state index contributed by atoms with van der Waals surface area (Å²) in [6.07, 6.45) is 1.26. The zero-order valence-corrected chi connectivity index (χ0v) is 18.2. The number of ketones is 1. The lowest BCUT2D eigenvalue weighted by atomic mass is 10.1. The van der Waals surface area contributed by atoms with Gasteiger partial charge in [0.1, 0.15) is 0 Å². The van der Waals surface area contributed by atoms with Crippen molar-refractivity contribution in [1.29, 1.82) is 5.41 Å². The number of nitrogens with one attached hydrogen (secondary N) is 2. The lowest BCUT2D eigenvalue weighted by Gasteiger charge is -2.09. The summed E-state index contributed by atoms with van der Waals surface area (Å²) in [6.45, 7) is 9.59. The molecule has 3 rings (SSSR count). The normalized spacial score (nSPS) is 10.0. The van der Waals surface area contributed by atoms with Crippen molar-refractivity contribution in [3.63, 3.8) is 0 Å². The van der Waals surface area contributed by atoms with Crippen LogP contribution >= 0.6 is 0 Å². The fraction of sp³-hybridized carbons (Fsp3) is 0.240. The van der Waals surface area contributed by atoms with Gasteiger partial charge in [-0.3, -0.25) is 9.59 Å². The van der Waals surface area contributed by atoms with Gasteiger partial charge < -0.3 is 15.3 Å². The first kappa shape index (κ1) is 22.8. The Morgan fingerprint density at radius 3 is 2.00 bits per heavy atom. The van der Waals surface area contributed by atoms with Crippen molar-refractivity contribution in [2.24, 2.45) is 0 Å². The Bertz CT molecular complexity index is 1030. The van der Waals surface area contributed by atoms with E-state index < -0.39 is 0 Å². The van der Waals surface area contributed by atoms with E-state index in [0.717, 1.165) is 22.6 Å². The van der Waals surface area contributed by atoms with E-state index in [-0.39, 0.29) is 11.7 Å². The highest BCUT2D eigenvalue weighted by Crippen LogP contribution is 2.25. The van der Waals surface area contributed by atoms with Gasteiger partial charge in [0.05, 0.1) is 0 Å². The van der Waals surface area contributed by atoms with Crippen LogP contribution < -0.4 is 5.32 Å². The number of nitrogens with zero attached hydrogens (tertiary/aromatic N) is 1. The number of carbonyl (C=O) groups excluding carboxylic acids is 2. The molecule has 0 aliphatic carbocycles. The molecule has 0 aliphatic heterocycles. The molecule has 30 heavy (non-hydrogen) atoms. The fourth-order valence-electron chi connectivity index (χ4n) is 3.38. The molecule has 1 amide bonds. The van der Waals surface area contributed by atoms with Crippen LogP contribution in [-0.4, -0.2) is 22.5 Å². The molecule has 0 atom stereocenters. The second kappa shape index (κ2) is 10.3. The molecule has 0 bridgehead atoms. The van der Waals surface area contributed by atoms with Crippen LogP contribution in [0.3, 0.4) is 0 Å². The third kappa shape index (κ3) is 5.54. The van der Waals surface area contributed by atoms with E-state index in [9.17, 15) is 9.59 Å². The van der Waals surface area contributed by atoms with E-state index in [1.54, 1.807) is 6.92 Å². The van der Waals surface area contributed by atoms with Gasteiger partial charge in [0, 0.05) is 47.9 Å². The third-order valence-electron chi connectivity index (χ3n) is 4.86. The highest BCUT2D eigenvalue weighted by molar-refractivity contribution is 6.04. The molecule has 0 unspecified atom stereocenters. The van der Waals surface area contributed by atoms with Crippen LogP contribution in [-0.2, 0) is 11.3 Å². The summed E-state index contributed by atoms with van der Waals surface area (Å²) >= 11 is 0. The van der Waals surface area contributed by atoms with Gasteiger partial charge in [-0.1, -0.05) is 48.0 Å². The SMILES string of the molecule is CC(=O)NCc1ccc(C)cc1.CC(=O)c1c(C=N)c(C)n(-c2ccccc2)c1C. The number of hydrogen-bond acceptors (Lipinski definition) is 3. The van der Waals surface area contributed by atoms with Crippen molar-refractivity contribution < 1.29 is 9.59 Å². The van der Waals surface area contributed by atoms with E-state index in [1.165, 1.54) is 18.7 Å². The van der Waals surface area contributed by atoms with Gasteiger partial charge >= 0.3 is 0 Å². The minimum Gasteiger partial charge on any atom is -0.352 e. The third-order valence-corrected chi connectivity index (χ3v) is 4.86. The van der Waals surface area contributed by atoms with Crippen molar-refractivity contribution >= 4 is 17.9 Å². The van der Waals surface area contributed by atoms with Gasteiger partial charge in [-0.25, -0.2) is 0 Å². The van der Waals surface area contributed by atoms with Crippen LogP contribution in [0.4, 0.5) is 0 Å². The molecule has 5 heteroatoms. The summed E-state index contributed by atoms with van der Waals surface area (Å²) in [5.41, 5.74) is 6.57. The Kier molecular flexibility index (Phi) is 7.87. The van der Waals surface area contributed by atoms with Crippen LogP contribution in [0.15, 0.2) is 54.6 Å². The first-order valence-electron chi connectivity index (χ1n) is 9.85. The molecule has 1 heterocycles. The molecule has 0 spiro atoms. The molecular formula is C25H29N3O2. The maximum atomic E-state index is 11.7. The number of para-hydroxylation sites is 1. The smallest absolute Gasteiger partial charge is 0.217 e. The van der Waals surface area contributed by atoms with Crippen molar-refractivity contribution in [2.75, 3.05) is 0 Å². The Hall–Kier alpha value is -3.47. The van der Waals surface area contributed by atoms with Gasteiger partial charge in [0.25, 0.3) is 0 Å². The van der Waals surface area contributed by atoms with E-state index in [2.05, 4.69) is 5.32 Å². The number of benzene rings is 2. The number of Topliss-reactive ketones (excluding diaryl/α,β-unsaturated/α-hetero) is 1. The predicted octanol–water partition coefficient (Wildman–Crippen LogP) is 4.93. The molecule has 2 N–H and O–H groups in total. The first-order valence-corrected chi connectivity index (χ1v) is 9.85. The largest absolute Gasteiger partial charge is 0.352 e. The van der Waals surface area contributed by atoms with Crippen LogP contribution in [0.1, 0.15) is 52.3 Å². The molecule has 0 radical (unpaired) electrons. The Balaban J connectivity index is 0.000000232. The standard InChI is InChI=1S/C15H16N2O.C10H13NO/c1-10-14(9-16)15(12(3)18)11(2)17(10)13-7-5-4-6-8-13;1-8-3-5-10(6-4-8)7-11-9(2)12/h4-9,16H,1-3H3;3-6H,7H2,1-2H3,(H,11,12). The molecule has 2 aromatic carbocycles. The number of aromatic nitrogens is 1. The quantitative estimate of drug-likeness (QED) is 0.468. The molecule has 0 saturated heterocycles. The summed E-state index contributed by atoms with van der Waals surface area (Å²) in [5, 5.41) is 10.2. The van der Waals surface area contributed by atoms with Crippen LogP contribution in [0.25, 0.3) is 5.69 Å². The Morgan fingerprint density at radius 1 is 0.933 bits per heavy atom. The lowest BCUT2D eigenvalue weighted by molar-refractivity contribution is -0.119. The van der Waals surface area contributed by atoms with Crippen LogP contribution in [0, 0.1) is 26.2 Å². The number of rotatable bonds is 5. The maximum Gasteiger partial charge on any atom is 0.217 e. The average Bonchev–Trinajstić information content (AvgIpc) is 2.98. The van der Waals surface area contributed by atoms with Crippen molar-refractivity contribution in [1.82, 2.24) is 9.88 Å². The Labute approximate surface area is 178 Å². The van der Waals surface area contributed by atoms with Crippen molar-refractivity contribution in [2.45, 2.75) is 41.2 Å². The summed E-state index contributed by atoms with van der Waals surface area (Å²) < 4.78 is 2.02. The van der Waals surface area contributed by atoms with E-state index >= 15 is 0 Å². The minimum atomic E-state index is 0.00350. The molecule has 0 fully saturated rings. The Morgan fingerprint density at radius 2 is 1.53 bits per heavy atom. The van der Waals surface area contributed by atoms with Gasteiger partial charge in [0.15, 0.2) is 5.78 Å². The number of carbonyl (C=O) groups is 2. The van der Waals surface area contributed by atoms with Crippen molar-refractivity contribution in [3.8, 4) is 5.69 Å². The van der Waals surface area contributed by atoms with Gasteiger partial charge in [-0.15, -0.1) is 0 Å². The van der Waals surface area contributed by atoms with Gasteiger partial charge in [-0.2, -0.15) is 0 Å². The van der Waals surface area contributed by atoms with Crippen LogP contribution in [0.5, 0.6) is 0 Å². The zero-order chi connectivity index (χ0) is 22.3. The molecule has 1 aromatic heterocycles. The number of amides is 1. The van der Waals surface area contributed by atoms with E-state index in [1.807, 2.05) is 79.9 Å². The molecule has 0 saturated carbocycles. The highest BCUT2D eigenvalue weighted by Gasteiger charge is 2.19. The summed E-state index contributed by atoms with van der Waals surface area (Å²) in [6, 6.07) is 18.0. The highest BCUT2D eigenvalue weighted by atomic mass is 16.1. The fourth-order valence-corrected chi connectivity index (χ4v) is 3.38. The number of aryl methyl sites for hydroxylation is 1. The van der Waals surface area contributed by atoms with Crippen LogP contribution in [0.2, 0.25) is 0 Å². The predicted molar refractivity (Wildman–Crippen MR) is 122 cm³/mol. The van der Waals surface area contributed by atoms with Gasteiger partial charge in [-0.05, 0) is 45.4 Å². The van der Waals surface area contributed by atoms with E-state index in [4.69, 9.17) is 5.41 Å². The van der Waals surface area contributed by atoms with E-state index in [0.29, 0.717) is 17.7 Å². The summed E-state index contributed by atoms with van der Waals surface area (Å²) in [4.78, 5) is 22.3. The zero-order valence-electron chi connectivity index (χ0n) is 18.2. The second-order valence-electron chi connectivity index (χ2n) is 7.23. The molecular weight excluding hydrogens is 374 g/mol. The van der Waals surface area contributed by atoms with Gasteiger partial charge in [0.2, 0.25) is 5.91 Å². The number of hydrogen-bond donors (Lipinski definition) is 2. The minimum absolute atomic E-state index is 0.00350. The topological polar surface area (TPSA) is 75.0 Å². The molecule has 3 aromatic rings. The monoisotopic (exact) mass is 403 g/mol. The second-order valence-corrected chi connectivity index (χ2v) is 7.23. The summed E-state index contributed by atoms with van der Waals surface area (Å²) in [7, 11) is 0. The summed E-state index contributed by atoms with van der Waals surface area (Å²) in [5.74, 6) is 0.0133. The first-order chi connectivity index (χ1) is 14.3. The molecule has 0 aliphatic rings.